The SMILES string of the molecule is CCC(CN)(Cc1ccccc1)CN(C)C. The highest BCUT2D eigenvalue weighted by atomic mass is 15.1. The van der Waals surface area contributed by atoms with E-state index in [9.17, 15) is 0 Å². The van der Waals surface area contributed by atoms with Gasteiger partial charge in [0, 0.05) is 6.54 Å². The van der Waals surface area contributed by atoms with E-state index in [0.717, 1.165) is 25.9 Å². The van der Waals surface area contributed by atoms with Gasteiger partial charge in [-0.15, -0.1) is 0 Å². The van der Waals surface area contributed by atoms with Crippen LogP contribution in [0.2, 0.25) is 0 Å². The highest BCUT2D eigenvalue weighted by Gasteiger charge is 2.27. The maximum atomic E-state index is 5.99. The molecule has 90 valence electrons. The zero-order valence-electron chi connectivity index (χ0n) is 10.7. The summed E-state index contributed by atoms with van der Waals surface area (Å²) < 4.78 is 0. The summed E-state index contributed by atoms with van der Waals surface area (Å²) >= 11 is 0. The molecule has 0 amide bonds. The monoisotopic (exact) mass is 220 g/mol. The fourth-order valence-electron chi connectivity index (χ4n) is 2.27. The number of nitrogens with zero attached hydrogens (tertiary/aromatic N) is 1. The summed E-state index contributed by atoms with van der Waals surface area (Å²) in [5, 5.41) is 0. The van der Waals surface area contributed by atoms with E-state index in [-0.39, 0.29) is 5.41 Å². The minimum absolute atomic E-state index is 0.213. The zero-order valence-corrected chi connectivity index (χ0v) is 10.7. The molecule has 1 unspecified atom stereocenters. The molecule has 16 heavy (non-hydrogen) atoms. The van der Waals surface area contributed by atoms with Gasteiger partial charge in [0.2, 0.25) is 0 Å². The second kappa shape index (κ2) is 6.02. The Morgan fingerprint density at radius 2 is 1.81 bits per heavy atom. The number of benzene rings is 1. The van der Waals surface area contributed by atoms with E-state index in [1.54, 1.807) is 0 Å². The Morgan fingerprint density at radius 1 is 1.19 bits per heavy atom. The van der Waals surface area contributed by atoms with Gasteiger partial charge in [-0.2, -0.15) is 0 Å². The van der Waals surface area contributed by atoms with Crippen LogP contribution in [-0.4, -0.2) is 32.1 Å². The first-order valence-electron chi connectivity index (χ1n) is 6.00. The summed E-state index contributed by atoms with van der Waals surface area (Å²) in [5.41, 5.74) is 7.59. The van der Waals surface area contributed by atoms with Crippen molar-refractivity contribution in [3.63, 3.8) is 0 Å². The van der Waals surface area contributed by atoms with Crippen molar-refractivity contribution in [1.82, 2.24) is 4.90 Å². The van der Waals surface area contributed by atoms with Crippen LogP contribution in [0, 0.1) is 5.41 Å². The third-order valence-corrected chi connectivity index (χ3v) is 3.26. The molecular formula is C14H24N2. The number of nitrogens with two attached hydrogens (primary N) is 1. The fourth-order valence-corrected chi connectivity index (χ4v) is 2.27. The topological polar surface area (TPSA) is 29.3 Å². The van der Waals surface area contributed by atoms with E-state index in [0.29, 0.717) is 0 Å². The molecule has 0 fully saturated rings. The molecule has 0 bridgehead atoms. The van der Waals surface area contributed by atoms with Crippen molar-refractivity contribution >= 4 is 0 Å². The van der Waals surface area contributed by atoms with E-state index in [1.807, 2.05) is 0 Å². The van der Waals surface area contributed by atoms with Gasteiger partial charge in [0.1, 0.15) is 0 Å². The van der Waals surface area contributed by atoms with Gasteiger partial charge in [-0.1, -0.05) is 37.3 Å². The average molecular weight is 220 g/mol. The van der Waals surface area contributed by atoms with Crippen LogP contribution < -0.4 is 5.73 Å². The Bertz CT molecular complexity index is 289. The van der Waals surface area contributed by atoms with E-state index >= 15 is 0 Å². The van der Waals surface area contributed by atoms with Gasteiger partial charge in [0.15, 0.2) is 0 Å². The van der Waals surface area contributed by atoms with Crippen LogP contribution in [0.5, 0.6) is 0 Å². The Hall–Kier alpha value is -0.860. The predicted molar refractivity (Wildman–Crippen MR) is 70.5 cm³/mol. The molecule has 0 spiro atoms. The van der Waals surface area contributed by atoms with E-state index in [1.165, 1.54) is 5.56 Å². The van der Waals surface area contributed by atoms with Crippen molar-refractivity contribution in [3.8, 4) is 0 Å². The van der Waals surface area contributed by atoms with Crippen LogP contribution in [0.4, 0.5) is 0 Å². The van der Waals surface area contributed by atoms with Crippen molar-refractivity contribution in [2.24, 2.45) is 11.1 Å². The van der Waals surface area contributed by atoms with Crippen molar-refractivity contribution < 1.29 is 0 Å². The first-order valence-corrected chi connectivity index (χ1v) is 6.00. The second-order valence-electron chi connectivity index (χ2n) is 4.96. The Labute approximate surface area is 99.5 Å². The molecule has 0 radical (unpaired) electrons. The summed E-state index contributed by atoms with van der Waals surface area (Å²) in [4.78, 5) is 2.24. The maximum Gasteiger partial charge on any atom is 0.00471 e. The predicted octanol–water partition coefficient (Wildman–Crippen LogP) is 2.15. The molecular weight excluding hydrogens is 196 g/mol. The van der Waals surface area contributed by atoms with Gasteiger partial charge in [-0.25, -0.2) is 0 Å². The molecule has 2 nitrogen and oxygen atoms in total. The molecule has 1 aromatic rings. The highest BCUT2D eigenvalue weighted by Crippen LogP contribution is 2.26. The van der Waals surface area contributed by atoms with Gasteiger partial charge < -0.3 is 10.6 Å². The highest BCUT2D eigenvalue weighted by molar-refractivity contribution is 5.17. The van der Waals surface area contributed by atoms with Gasteiger partial charge in [-0.3, -0.25) is 0 Å². The van der Waals surface area contributed by atoms with Gasteiger partial charge in [0.25, 0.3) is 0 Å². The standard InChI is InChI=1S/C14H24N2/c1-4-14(11-15,12-16(2)3)10-13-8-6-5-7-9-13/h5-9H,4,10-12,15H2,1-3H3. The largest absolute Gasteiger partial charge is 0.330 e. The third kappa shape index (κ3) is 3.62. The van der Waals surface area contributed by atoms with E-state index < -0.39 is 0 Å². The zero-order chi connectivity index (χ0) is 12.0. The first kappa shape index (κ1) is 13.2. The lowest BCUT2D eigenvalue weighted by Gasteiger charge is -2.34. The lowest BCUT2D eigenvalue weighted by atomic mass is 9.79. The lowest BCUT2D eigenvalue weighted by molar-refractivity contribution is 0.194. The van der Waals surface area contributed by atoms with Crippen LogP contribution in [0.25, 0.3) is 0 Å². The van der Waals surface area contributed by atoms with Crippen molar-refractivity contribution in [1.29, 1.82) is 0 Å². The third-order valence-electron chi connectivity index (χ3n) is 3.26. The van der Waals surface area contributed by atoms with Crippen molar-refractivity contribution in [2.45, 2.75) is 19.8 Å². The Balaban J connectivity index is 2.78. The lowest BCUT2D eigenvalue weighted by Crippen LogP contribution is -2.41. The molecule has 0 aromatic heterocycles. The molecule has 1 atom stereocenters. The number of hydrogen-bond donors (Lipinski definition) is 1. The molecule has 0 aliphatic heterocycles. The summed E-state index contributed by atoms with van der Waals surface area (Å²) in [6, 6.07) is 10.6. The molecule has 1 rings (SSSR count). The summed E-state index contributed by atoms with van der Waals surface area (Å²) in [5.74, 6) is 0. The normalized spacial score (nSPS) is 15.1. The molecule has 0 heterocycles. The van der Waals surface area contributed by atoms with E-state index in [2.05, 4.69) is 56.3 Å². The average Bonchev–Trinajstić information content (AvgIpc) is 2.29. The quantitative estimate of drug-likeness (QED) is 0.796. The summed E-state index contributed by atoms with van der Waals surface area (Å²) in [7, 11) is 4.23. The number of rotatable bonds is 6. The van der Waals surface area contributed by atoms with Gasteiger partial charge >= 0.3 is 0 Å². The number of hydrogen-bond acceptors (Lipinski definition) is 2. The molecule has 2 heteroatoms. The van der Waals surface area contributed by atoms with Gasteiger partial charge in [-0.05, 0) is 44.5 Å². The minimum Gasteiger partial charge on any atom is -0.330 e. The fraction of sp³-hybridized carbons (Fsp3) is 0.571. The molecule has 0 saturated heterocycles. The van der Waals surface area contributed by atoms with Crippen molar-refractivity contribution in [3.05, 3.63) is 35.9 Å². The minimum atomic E-state index is 0.213. The van der Waals surface area contributed by atoms with Crippen LogP contribution >= 0.6 is 0 Å². The molecule has 2 N–H and O–H groups in total. The smallest absolute Gasteiger partial charge is 0.00471 e. The summed E-state index contributed by atoms with van der Waals surface area (Å²) in [6.07, 6.45) is 2.19. The van der Waals surface area contributed by atoms with Gasteiger partial charge in [0.05, 0.1) is 0 Å². The van der Waals surface area contributed by atoms with E-state index in [4.69, 9.17) is 5.73 Å². The maximum absolute atomic E-state index is 5.99. The van der Waals surface area contributed by atoms with Crippen LogP contribution in [0.1, 0.15) is 18.9 Å². The molecule has 0 aliphatic carbocycles. The molecule has 0 aliphatic rings. The van der Waals surface area contributed by atoms with Crippen LogP contribution in [-0.2, 0) is 6.42 Å². The Kier molecular flexibility index (Phi) is 4.97. The Morgan fingerprint density at radius 3 is 2.25 bits per heavy atom. The molecule has 1 aromatic carbocycles. The summed E-state index contributed by atoms with van der Waals surface area (Å²) in [6.45, 7) is 4.03. The second-order valence-corrected chi connectivity index (χ2v) is 4.96. The first-order chi connectivity index (χ1) is 7.62. The van der Waals surface area contributed by atoms with Crippen LogP contribution in [0.3, 0.4) is 0 Å². The van der Waals surface area contributed by atoms with Crippen LogP contribution in [0.15, 0.2) is 30.3 Å². The molecule has 0 saturated carbocycles. The van der Waals surface area contributed by atoms with Crippen molar-refractivity contribution in [2.75, 3.05) is 27.2 Å².